The molecule has 146 valence electrons. The van der Waals surface area contributed by atoms with Crippen molar-refractivity contribution in [2.45, 2.75) is 6.18 Å². The number of pyridine rings is 1. The molecule has 28 heavy (non-hydrogen) atoms. The highest BCUT2D eigenvalue weighted by atomic mass is 35.5. The van der Waals surface area contributed by atoms with Gasteiger partial charge in [0, 0.05) is 12.3 Å². The Morgan fingerprint density at radius 2 is 1.61 bits per heavy atom. The van der Waals surface area contributed by atoms with E-state index in [1.807, 2.05) is 0 Å². The van der Waals surface area contributed by atoms with Gasteiger partial charge in [-0.2, -0.15) is 13.2 Å². The fourth-order valence-corrected chi connectivity index (χ4v) is 2.33. The van der Waals surface area contributed by atoms with Crippen LogP contribution in [0.3, 0.4) is 0 Å². The summed E-state index contributed by atoms with van der Waals surface area (Å²) in [7, 11) is 0. The summed E-state index contributed by atoms with van der Waals surface area (Å²) in [6, 6.07) is 3.45. The monoisotopic (exact) mass is 416 g/mol. The predicted molar refractivity (Wildman–Crippen MR) is 93.6 cm³/mol. The van der Waals surface area contributed by atoms with Crippen LogP contribution < -0.4 is 16.4 Å². The predicted octanol–water partition coefficient (Wildman–Crippen LogP) is 4.89. The van der Waals surface area contributed by atoms with Gasteiger partial charge in [-0.15, -0.1) is 0 Å². The van der Waals surface area contributed by atoms with Crippen LogP contribution in [0.2, 0.25) is 5.02 Å². The van der Waals surface area contributed by atoms with E-state index in [0.29, 0.717) is 12.3 Å². The number of anilines is 5. The maximum absolute atomic E-state index is 13.8. The van der Waals surface area contributed by atoms with Crippen LogP contribution in [-0.4, -0.2) is 15.0 Å². The maximum atomic E-state index is 13.8. The molecule has 2 heterocycles. The van der Waals surface area contributed by atoms with Crippen molar-refractivity contribution in [1.29, 1.82) is 0 Å². The van der Waals surface area contributed by atoms with Gasteiger partial charge in [-0.1, -0.05) is 11.6 Å². The first-order chi connectivity index (χ1) is 13.1. The zero-order valence-corrected chi connectivity index (χ0v) is 14.4. The van der Waals surface area contributed by atoms with Gasteiger partial charge in [0.1, 0.15) is 29.5 Å². The van der Waals surface area contributed by atoms with Crippen LogP contribution in [0.5, 0.6) is 0 Å². The van der Waals surface area contributed by atoms with Gasteiger partial charge in [0.05, 0.1) is 16.3 Å². The van der Waals surface area contributed by atoms with Crippen LogP contribution in [0.1, 0.15) is 5.56 Å². The van der Waals surface area contributed by atoms with Gasteiger partial charge in [-0.3, -0.25) is 0 Å². The summed E-state index contributed by atoms with van der Waals surface area (Å²) in [6.45, 7) is 0. The maximum Gasteiger partial charge on any atom is 0.417 e. The molecule has 6 nitrogen and oxygen atoms in total. The third-order valence-electron chi connectivity index (χ3n) is 3.47. The SMILES string of the molecule is Nc1c(Nc2cc(F)ccc2F)ncnc1Nc1ncc(C(F)(F)F)cc1Cl. The molecule has 0 aliphatic heterocycles. The van der Waals surface area contributed by atoms with E-state index in [9.17, 15) is 22.0 Å². The van der Waals surface area contributed by atoms with Gasteiger partial charge < -0.3 is 16.4 Å². The molecular formula is C16H10ClF5N6. The number of nitrogens with one attached hydrogen (secondary N) is 2. The minimum Gasteiger partial charge on any atom is -0.393 e. The van der Waals surface area contributed by atoms with E-state index in [1.165, 1.54) is 0 Å². The number of halogens is 6. The molecule has 0 radical (unpaired) electrons. The Morgan fingerprint density at radius 3 is 2.25 bits per heavy atom. The lowest BCUT2D eigenvalue weighted by Gasteiger charge is -2.14. The first-order valence-corrected chi connectivity index (χ1v) is 7.85. The Bertz CT molecular complexity index is 1030. The van der Waals surface area contributed by atoms with Crippen molar-refractivity contribution >= 4 is 40.4 Å². The first-order valence-electron chi connectivity index (χ1n) is 7.47. The van der Waals surface area contributed by atoms with E-state index in [1.54, 1.807) is 0 Å². The normalized spacial score (nSPS) is 11.4. The zero-order valence-electron chi connectivity index (χ0n) is 13.7. The molecule has 0 fully saturated rings. The van der Waals surface area contributed by atoms with E-state index in [0.717, 1.165) is 24.5 Å². The molecule has 3 aromatic rings. The summed E-state index contributed by atoms with van der Waals surface area (Å²) >= 11 is 5.83. The van der Waals surface area contributed by atoms with Crippen molar-refractivity contribution in [3.63, 3.8) is 0 Å². The number of rotatable bonds is 4. The van der Waals surface area contributed by atoms with Gasteiger partial charge in [-0.05, 0) is 18.2 Å². The van der Waals surface area contributed by atoms with Crippen LogP contribution in [-0.2, 0) is 6.18 Å². The number of hydrogen-bond acceptors (Lipinski definition) is 6. The second-order valence-corrected chi connectivity index (χ2v) is 5.82. The highest BCUT2D eigenvalue weighted by Crippen LogP contribution is 2.34. The third kappa shape index (κ3) is 4.19. The Balaban J connectivity index is 1.88. The van der Waals surface area contributed by atoms with Crippen molar-refractivity contribution in [1.82, 2.24) is 15.0 Å². The summed E-state index contributed by atoms with van der Waals surface area (Å²) in [6.07, 6.45) is -2.96. The molecule has 0 amide bonds. The number of aromatic nitrogens is 3. The van der Waals surface area contributed by atoms with Crippen molar-refractivity contribution in [2.75, 3.05) is 16.4 Å². The smallest absolute Gasteiger partial charge is 0.393 e. The number of nitrogens with two attached hydrogens (primary N) is 1. The van der Waals surface area contributed by atoms with Crippen LogP contribution in [0.15, 0.2) is 36.8 Å². The molecule has 2 aromatic heterocycles. The summed E-state index contributed by atoms with van der Waals surface area (Å²) < 4.78 is 65.1. The first kappa shape index (κ1) is 19.5. The largest absolute Gasteiger partial charge is 0.417 e. The molecule has 1 aromatic carbocycles. The molecule has 0 aliphatic carbocycles. The third-order valence-corrected chi connectivity index (χ3v) is 3.76. The Hall–Kier alpha value is -3.21. The van der Waals surface area contributed by atoms with Crippen LogP contribution in [0.4, 0.5) is 50.8 Å². The molecule has 0 spiro atoms. The lowest BCUT2D eigenvalue weighted by Crippen LogP contribution is -2.09. The highest BCUT2D eigenvalue weighted by molar-refractivity contribution is 6.33. The Kier molecular flexibility index (Phi) is 5.18. The van der Waals surface area contributed by atoms with Crippen molar-refractivity contribution in [3.8, 4) is 0 Å². The minimum absolute atomic E-state index is 0.0523. The molecule has 0 saturated heterocycles. The fourth-order valence-electron chi connectivity index (χ4n) is 2.11. The topological polar surface area (TPSA) is 88.8 Å². The molecule has 3 rings (SSSR count). The number of benzene rings is 1. The van der Waals surface area contributed by atoms with Gasteiger partial charge in [-0.25, -0.2) is 23.7 Å². The average Bonchev–Trinajstić information content (AvgIpc) is 2.62. The zero-order chi connectivity index (χ0) is 20.5. The Labute approximate surface area is 159 Å². The van der Waals surface area contributed by atoms with Crippen molar-refractivity contribution < 1.29 is 22.0 Å². The summed E-state index contributed by atoms with van der Waals surface area (Å²) in [5.41, 5.74) is 4.53. The number of nitrogen functional groups attached to an aromatic ring is 1. The summed E-state index contributed by atoms with van der Waals surface area (Å²) in [5.74, 6) is -1.69. The molecule has 12 heteroatoms. The second kappa shape index (κ2) is 7.43. The molecule has 4 N–H and O–H groups in total. The number of hydrogen-bond donors (Lipinski definition) is 3. The van der Waals surface area contributed by atoms with E-state index < -0.39 is 23.4 Å². The quantitative estimate of drug-likeness (QED) is 0.525. The van der Waals surface area contributed by atoms with Crippen molar-refractivity contribution in [3.05, 3.63) is 59.0 Å². The molecule has 0 unspecified atom stereocenters. The van der Waals surface area contributed by atoms with Crippen LogP contribution >= 0.6 is 11.6 Å². The number of alkyl halides is 3. The lowest BCUT2D eigenvalue weighted by atomic mass is 10.2. The standard InChI is InChI=1S/C16H10ClF5N6/c17-9-3-7(16(20,21)22)5-24-13(9)28-15-12(23)14(25-6-26-15)27-11-4-8(18)1-2-10(11)19/h1-6H,23H2,(H2,24,25,26,27,28). The van der Waals surface area contributed by atoms with Crippen LogP contribution in [0, 0.1) is 11.6 Å². The summed E-state index contributed by atoms with van der Waals surface area (Å²) in [4.78, 5) is 11.3. The highest BCUT2D eigenvalue weighted by Gasteiger charge is 2.31. The minimum atomic E-state index is -4.60. The van der Waals surface area contributed by atoms with Crippen molar-refractivity contribution in [2.24, 2.45) is 0 Å². The van der Waals surface area contributed by atoms with Gasteiger partial charge >= 0.3 is 6.18 Å². The molecule has 0 aliphatic rings. The fraction of sp³-hybridized carbons (Fsp3) is 0.0625. The molecule has 0 atom stereocenters. The molecule has 0 saturated carbocycles. The van der Waals surface area contributed by atoms with E-state index in [2.05, 4.69) is 25.6 Å². The van der Waals surface area contributed by atoms with Gasteiger partial charge in [0.25, 0.3) is 0 Å². The second-order valence-electron chi connectivity index (χ2n) is 5.41. The van der Waals surface area contributed by atoms with E-state index in [-0.39, 0.29) is 33.9 Å². The Morgan fingerprint density at radius 1 is 0.929 bits per heavy atom. The summed E-state index contributed by atoms with van der Waals surface area (Å²) in [5, 5.41) is 4.77. The number of nitrogens with zero attached hydrogens (tertiary/aromatic N) is 3. The van der Waals surface area contributed by atoms with Gasteiger partial charge in [0.15, 0.2) is 11.6 Å². The van der Waals surface area contributed by atoms with E-state index >= 15 is 0 Å². The van der Waals surface area contributed by atoms with E-state index in [4.69, 9.17) is 17.3 Å². The lowest BCUT2D eigenvalue weighted by molar-refractivity contribution is -0.137. The van der Waals surface area contributed by atoms with Crippen LogP contribution in [0.25, 0.3) is 0 Å². The molecular weight excluding hydrogens is 407 g/mol. The molecule has 0 bridgehead atoms. The average molecular weight is 417 g/mol. The van der Waals surface area contributed by atoms with Gasteiger partial charge in [0.2, 0.25) is 0 Å².